The molecule has 0 spiro atoms. The summed E-state index contributed by atoms with van der Waals surface area (Å²) >= 11 is 3.36. The molecule has 5 nitrogen and oxygen atoms in total. The highest BCUT2D eigenvalue weighted by Gasteiger charge is 2.32. The van der Waals surface area contributed by atoms with Gasteiger partial charge in [0, 0.05) is 38.7 Å². The number of nitrogens with zero attached hydrogens (tertiary/aromatic N) is 3. The Kier molecular flexibility index (Phi) is 2.79. The summed E-state index contributed by atoms with van der Waals surface area (Å²) in [5, 5.41) is 13.2. The molecule has 0 radical (unpaired) electrons. The van der Waals surface area contributed by atoms with E-state index >= 15 is 0 Å². The summed E-state index contributed by atoms with van der Waals surface area (Å²) in [6.45, 7) is 0.595. The molecule has 1 atom stereocenters. The summed E-state index contributed by atoms with van der Waals surface area (Å²) < 4.78 is 2.45. The van der Waals surface area contributed by atoms with Crippen LogP contribution in [0.5, 0.6) is 0 Å². The zero-order valence-electron chi connectivity index (χ0n) is 8.35. The van der Waals surface area contributed by atoms with Crippen LogP contribution in [0.3, 0.4) is 0 Å². The number of anilines is 1. The minimum absolute atomic E-state index is 0.0217. The van der Waals surface area contributed by atoms with Crippen molar-refractivity contribution in [2.75, 3.05) is 18.1 Å². The lowest BCUT2D eigenvalue weighted by molar-refractivity contribution is -0.117. The van der Waals surface area contributed by atoms with Crippen molar-refractivity contribution in [2.24, 2.45) is 13.0 Å². The molecule has 0 aliphatic carbocycles. The van der Waals surface area contributed by atoms with Gasteiger partial charge in [-0.2, -0.15) is 5.10 Å². The van der Waals surface area contributed by atoms with E-state index in [-0.39, 0.29) is 18.4 Å². The second-order valence-electron chi connectivity index (χ2n) is 3.73. The maximum atomic E-state index is 11.7. The Labute approximate surface area is 95.8 Å². The molecule has 1 aliphatic heterocycles. The molecule has 1 unspecified atom stereocenters. The standard InChI is InChI=1S/C9H12BrN3O2/c1-12-4-7(10)9(11-12)13-3-6(5-14)2-8(13)15/h4,6,14H,2-3,5H2,1H3. The lowest BCUT2D eigenvalue weighted by atomic mass is 10.1. The predicted octanol–water partition coefficient (Wildman–Crippen LogP) is 0.528. The molecule has 1 fully saturated rings. The van der Waals surface area contributed by atoms with Gasteiger partial charge in [-0.05, 0) is 15.9 Å². The Morgan fingerprint density at radius 2 is 2.47 bits per heavy atom. The number of amides is 1. The molecule has 1 aromatic rings. The highest BCUT2D eigenvalue weighted by molar-refractivity contribution is 9.10. The molecule has 82 valence electrons. The van der Waals surface area contributed by atoms with Crippen molar-refractivity contribution in [3.8, 4) is 0 Å². The largest absolute Gasteiger partial charge is 0.396 e. The van der Waals surface area contributed by atoms with Crippen LogP contribution in [0, 0.1) is 5.92 Å². The Morgan fingerprint density at radius 3 is 2.93 bits per heavy atom. The van der Waals surface area contributed by atoms with E-state index in [4.69, 9.17) is 5.11 Å². The van der Waals surface area contributed by atoms with E-state index in [0.717, 1.165) is 4.47 Å². The lowest BCUT2D eigenvalue weighted by Gasteiger charge is -2.13. The van der Waals surface area contributed by atoms with Crippen molar-refractivity contribution in [1.82, 2.24) is 9.78 Å². The van der Waals surface area contributed by atoms with Crippen LogP contribution in [-0.2, 0) is 11.8 Å². The summed E-state index contributed by atoms with van der Waals surface area (Å²) in [6, 6.07) is 0. The number of aromatic nitrogens is 2. The third-order valence-electron chi connectivity index (χ3n) is 2.49. The number of aliphatic hydroxyl groups excluding tert-OH is 1. The minimum atomic E-state index is 0.0217. The van der Waals surface area contributed by atoms with Gasteiger partial charge in [-0.3, -0.25) is 14.4 Å². The fourth-order valence-corrected chi connectivity index (χ4v) is 2.33. The molecule has 0 bridgehead atoms. The van der Waals surface area contributed by atoms with Crippen molar-refractivity contribution in [3.63, 3.8) is 0 Å². The zero-order chi connectivity index (χ0) is 11.0. The number of aryl methyl sites for hydroxylation is 1. The van der Waals surface area contributed by atoms with Crippen LogP contribution in [0.15, 0.2) is 10.7 Å². The SMILES string of the molecule is Cn1cc(Br)c(N2CC(CO)CC2=O)n1. The molecule has 1 saturated heterocycles. The van der Waals surface area contributed by atoms with E-state index in [0.29, 0.717) is 18.8 Å². The van der Waals surface area contributed by atoms with E-state index in [1.807, 2.05) is 0 Å². The summed E-state index contributed by atoms with van der Waals surface area (Å²) in [7, 11) is 1.80. The first-order valence-corrected chi connectivity index (χ1v) is 5.51. The highest BCUT2D eigenvalue weighted by Crippen LogP contribution is 2.29. The summed E-state index contributed by atoms with van der Waals surface area (Å²) in [6.07, 6.45) is 2.20. The molecule has 2 heterocycles. The van der Waals surface area contributed by atoms with E-state index in [1.165, 1.54) is 0 Å². The summed E-state index contributed by atoms with van der Waals surface area (Å²) in [5.74, 6) is 0.693. The first-order chi connectivity index (χ1) is 7.11. The molecule has 1 aliphatic rings. The van der Waals surface area contributed by atoms with E-state index in [2.05, 4.69) is 21.0 Å². The normalized spacial score (nSPS) is 21.4. The van der Waals surface area contributed by atoms with Crippen molar-refractivity contribution in [1.29, 1.82) is 0 Å². The van der Waals surface area contributed by atoms with Crippen molar-refractivity contribution in [2.45, 2.75) is 6.42 Å². The molecule has 6 heteroatoms. The second-order valence-corrected chi connectivity index (χ2v) is 4.59. The molecular formula is C9H12BrN3O2. The average Bonchev–Trinajstić information content (AvgIpc) is 2.69. The van der Waals surface area contributed by atoms with Crippen LogP contribution in [0.1, 0.15) is 6.42 Å². The number of aliphatic hydroxyl groups is 1. The van der Waals surface area contributed by atoms with Gasteiger partial charge in [0.25, 0.3) is 0 Å². The molecule has 15 heavy (non-hydrogen) atoms. The summed E-state index contributed by atoms with van der Waals surface area (Å²) in [4.78, 5) is 13.3. The Bertz CT molecular complexity index is 391. The van der Waals surface area contributed by atoms with Crippen LogP contribution >= 0.6 is 15.9 Å². The molecule has 2 rings (SSSR count). The first-order valence-electron chi connectivity index (χ1n) is 4.72. The molecular weight excluding hydrogens is 262 g/mol. The fraction of sp³-hybridized carbons (Fsp3) is 0.556. The maximum Gasteiger partial charge on any atom is 0.228 e. The number of hydrogen-bond acceptors (Lipinski definition) is 3. The molecule has 0 aromatic carbocycles. The number of rotatable bonds is 2. The number of hydrogen-bond donors (Lipinski definition) is 1. The monoisotopic (exact) mass is 273 g/mol. The Hall–Kier alpha value is -0.880. The van der Waals surface area contributed by atoms with Gasteiger partial charge in [0.15, 0.2) is 5.82 Å². The van der Waals surface area contributed by atoms with Crippen molar-refractivity contribution < 1.29 is 9.90 Å². The van der Waals surface area contributed by atoms with Crippen molar-refractivity contribution in [3.05, 3.63) is 10.7 Å². The van der Waals surface area contributed by atoms with Crippen LogP contribution in [0.25, 0.3) is 0 Å². The zero-order valence-corrected chi connectivity index (χ0v) is 9.94. The van der Waals surface area contributed by atoms with Gasteiger partial charge in [-0.1, -0.05) is 0 Å². The topological polar surface area (TPSA) is 58.4 Å². The molecule has 0 saturated carbocycles. The number of carbonyl (C=O) groups is 1. The number of carbonyl (C=O) groups excluding carboxylic acids is 1. The molecule has 1 aromatic heterocycles. The minimum Gasteiger partial charge on any atom is -0.396 e. The van der Waals surface area contributed by atoms with E-state index in [9.17, 15) is 4.79 Å². The third kappa shape index (κ3) is 1.91. The Balaban J connectivity index is 2.25. The number of halogens is 1. The van der Waals surface area contributed by atoms with Gasteiger partial charge in [0.05, 0.1) is 4.47 Å². The van der Waals surface area contributed by atoms with Gasteiger partial charge in [-0.15, -0.1) is 0 Å². The highest BCUT2D eigenvalue weighted by atomic mass is 79.9. The van der Waals surface area contributed by atoms with Gasteiger partial charge in [-0.25, -0.2) is 0 Å². The Morgan fingerprint density at radius 1 is 1.73 bits per heavy atom. The van der Waals surface area contributed by atoms with Crippen molar-refractivity contribution >= 4 is 27.7 Å². The van der Waals surface area contributed by atoms with Crippen LogP contribution in [0.2, 0.25) is 0 Å². The third-order valence-corrected chi connectivity index (χ3v) is 3.04. The fourth-order valence-electron chi connectivity index (χ4n) is 1.74. The second kappa shape index (κ2) is 3.94. The average molecular weight is 274 g/mol. The lowest BCUT2D eigenvalue weighted by Crippen LogP contribution is -2.25. The van der Waals surface area contributed by atoms with Gasteiger partial charge in [0.1, 0.15) is 0 Å². The van der Waals surface area contributed by atoms with Gasteiger partial charge >= 0.3 is 0 Å². The van der Waals surface area contributed by atoms with Crippen LogP contribution < -0.4 is 4.90 Å². The quantitative estimate of drug-likeness (QED) is 0.855. The first kappa shape index (κ1) is 10.6. The van der Waals surface area contributed by atoms with Crippen LogP contribution in [-0.4, -0.2) is 33.9 Å². The smallest absolute Gasteiger partial charge is 0.228 e. The molecule has 1 N–H and O–H groups in total. The summed E-state index contributed by atoms with van der Waals surface area (Å²) in [5.41, 5.74) is 0. The molecule has 1 amide bonds. The van der Waals surface area contributed by atoms with Crippen LogP contribution in [0.4, 0.5) is 5.82 Å². The predicted molar refractivity (Wildman–Crippen MR) is 58.5 cm³/mol. The van der Waals surface area contributed by atoms with E-state index in [1.54, 1.807) is 22.8 Å². The van der Waals surface area contributed by atoms with E-state index < -0.39 is 0 Å². The maximum absolute atomic E-state index is 11.7. The van der Waals surface area contributed by atoms with Gasteiger partial charge in [0.2, 0.25) is 5.91 Å². The van der Waals surface area contributed by atoms with Gasteiger partial charge < -0.3 is 5.11 Å².